The van der Waals surface area contributed by atoms with Crippen LogP contribution in [0, 0.1) is 0 Å². The number of amides is 2. The molecule has 34 heavy (non-hydrogen) atoms. The number of rotatable bonds is 7. The Morgan fingerprint density at radius 1 is 0.912 bits per heavy atom. The second-order valence-electron chi connectivity index (χ2n) is 7.36. The highest BCUT2D eigenvalue weighted by atomic mass is 19.4. The van der Waals surface area contributed by atoms with Crippen molar-refractivity contribution in [2.45, 2.75) is 12.2 Å². The molecule has 1 atom stereocenters. The molecule has 3 aromatic rings. The Hall–Kier alpha value is -4.11. The van der Waals surface area contributed by atoms with E-state index in [1.807, 2.05) is 0 Å². The van der Waals surface area contributed by atoms with Gasteiger partial charge in [-0.1, -0.05) is 36.4 Å². The van der Waals surface area contributed by atoms with Crippen LogP contribution in [-0.2, 0) is 15.8 Å². The van der Waals surface area contributed by atoms with Crippen molar-refractivity contribution in [1.82, 2.24) is 5.32 Å². The summed E-state index contributed by atoms with van der Waals surface area (Å²) >= 11 is 0. The summed E-state index contributed by atoms with van der Waals surface area (Å²) in [6.45, 7) is 0. The van der Waals surface area contributed by atoms with Crippen LogP contribution in [0.25, 0.3) is 6.08 Å². The van der Waals surface area contributed by atoms with Crippen LogP contribution >= 0.6 is 0 Å². The minimum absolute atomic E-state index is 0.253. The minimum atomic E-state index is -4.44. The Kier molecular flexibility index (Phi) is 7.70. The second-order valence-corrected chi connectivity index (χ2v) is 7.36. The lowest BCUT2D eigenvalue weighted by Crippen LogP contribution is -2.30. The van der Waals surface area contributed by atoms with Crippen molar-refractivity contribution < 1.29 is 22.8 Å². The van der Waals surface area contributed by atoms with E-state index >= 15 is 0 Å². The van der Waals surface area contributed by atoms with E-state index in [4.69, 9.17) is 5.73 Å². The van der Waals surface area contributed by atoms with Gasteiger partial charge < -0.3 is 21.7 Å². The van der Waals surface area contributed by atoms with Gasteiger partial charge in [0.2, 0.25) is 11.8 Å². The van der Waals surface area contributed by atoms with Gasteiger partial charge in [0, 0.05) is 11.8 Å². The first kappa shape index (κ1) is 24.5. The molecule has 5 N–H and O–H groups in total. The lowest BCUT2D eigenvalue weighted by Gasteiger charge is -2.17. The highest BCUT2D eigenvalue weighted by Gasteiger charge is 2.30. The number of para-hydroxylation sites is 2. The molecule has 0 aliphatic rings. The monoisotopic (exact) mass is 468 g/mol. The molecule has 3 rings (SSSR count). The van der Waals surface area contributed by atoms with Crippen molar-refractivity contribution in [2.24, 2.45) is 0 Å². The maximum atomic E-state index is 12.7. The van der Waals surface area contributed by atoms with Crippen LogP contribution in [0.1, 0.15) is 22.7 Å². The van der Waals surface area contributed by atoms with E-state index < -0.39 is 23.7 Å². The third-order valence-corrected chi connectivity index (χ3v) is 4.95. The van der Waals surface area contributed by atoms with Crippen molar-refractivity contribution in [1.29, 1.82) is 0 Å². The molecule has 0 aromatic heterocycles. The Morgan fingerprint density at radius 2 is 1.56 bits per heavy atom. The second kappa shape index (κ2) is 10.7. The van der Waals surface area contributed by atoms with Crippen LogP contribution in [0.15, 0.2) is 78.9 Å². The molecule has 0 saturated carbocycles. The zero-order valence-corrected chi connectivity index (χ0v) is 18.2. The van der Waals surface area contributed by atoms with E-state index in [1.54, 1.807) is 61.7 Å². The summed E-state index contributed by atoms with van der Waals surface area (Å²) in [5.41, 5.74) is 7.62. The third kappa shape index (κ3) is 6.46. The number of carbonyl (C=O) groups excluding carboxylic acids is 2. The number of halogens is 3. The van der Waals surface area contributed by atoms with Crippen LogP contribution in [0.4, 0.5) is 30.2 Å². The Balaban J connectivity index is 1.62. The average Bonchev–Trinajstić information content (AvgIpc) is 2.80. The third-order valence-electron chi connectivity index (χ3n) is 4.95. The Labute approximate surface area is 194 Å². The van der Waals surface area contributed by atoms with Gasteiger partial charge in [0.25, 0.3) is 0 Å². The minimum Gasteiger partial charge on any atom is -0.397 e. The molecular formula is C25H23F3N4O2. The predicted molar refractivity (Wildman–Crippen MR) is 127 cm³/mol. The van der Waals surface area contributed by atoms with Crippen molar-refractivity contribution in [3.8, 4) is 0 Å². The van der Waals surface area contributed by atoms with E-state index in [2.05, 4.69) is 16.0 Å². The molecule has 0 heterocycles. The average molecular weight is 468 g/mol. The molecule has 176 valence electrons. The molecule has 3 aromatic carbocycles. The summed E-state index contributed by atoms with van der Waals surface area (Å²) in [4.78, 5) is 24.8. The Morgan fingerprint density at radius 3 is 2.15 bits per heavy atom. The largest absolute Gasteiger partial charge is 0.416 e. The molecule has 0 fully saturated rings. The standard InChI is InChI=1S/C25H23F3N4O2/c1-30-23(24(34)31-19-13-11-18(12-14-19)25(26,27)28)17-9-6-16(7-10-17)8-15-22(33)32-21-5-3-2-4-20(21)29/h2-15,23,30H,29H2,1H3,(H,31,34)(H,32,33)/b15-8+. The number of hydrogen-bond acceptors (Lipinski definition) is 4. The molecule has 1 unspecified atom stereocenters. The number of alkyl halides is 3. The number of hydrogen-bond donors (Lipinski definition) is 4. The summed E-state index contributed by atoms with van der Waals surface area (Å²) in [5, 5.41) is 8.19. The van der Waals surface area contributed by atoms with E-state index in [1.165, 1.54) is 18.2 Å². The van der Waals surface area contributed by atoms with Gasteiger partial charge in [0.1, 0.15) is 6.04 Å². The zero-order valence-electron chi connectivity index (χ0n) is 18.2. The van der Waals surface area contributed by atoms with Crippen LogP contribution in [0.3, 0.4) is 0 Å². The topological polar surface area (TPSA) is 96.2 Å². The number of nitrogens with two attached hydrogens (primary N) is 1. The van der Waals surface area contributed by atoms with Crippen LogP contribution in [-0.4, -0.2) is 18.9 Å². The van der Waals surface area contributed by atoms with E-state index in [-0.39, 0.29) is 11.6 Å². The number of benzene rings is 3. The molecule has 0 radical (unpaired) electrons. The lowest BCUT2D eigenvalue weighted by molar-refractivity contribution is -0.137. The van der Waals surface area contributed by atoms with Crippen LogP contribution in [0.5, 0.6) is 0 Å². The highest BCUT2D eigenvalue weighted by Crippen LogP contribution is 2.30. The molecule has 0 saturated heterocycles. The van der Waals surface area contributed by atoms with Crippen molar-refractivity contribution in [3.05, 3.63) is 95.6 Å². The molecule has 2 amide bonds. The van der Waals surface area contributed by atoms with Gasteiger partial charge >= 0.3 is 6.18 Å². The number of likely N-dealkylation sites (N-methyl/N-ethyl adjacent to an activating group) is 1. The fraction of sp³-hybridized carbons (Fsp3) is 0.120. The van der Waals surface area contributed by atoms with Crippen molar-refractivity contribution in [3.63, 3.8) is 0 Å². The Bertz CT molecular complexity index is 1170. The lowest BCUT2D eigenvalue weighted by atomic mass is 10.0. The van der Waals surface area contributed by atoms with Crippen LogP contribution < -0.4 is 21.7 Å². The van der Waals surface area contributed by atoms with E-state index in [0.717, 1.165) is 17.7 Å². The van der Waals surface area contributed by atoms with Crippen molar-refractivity contribution in [2.75, 3.05) is 23.4 Å². The van der Waals surface area contributed by atoms with E-state index in [9.17, 15) is 22.8 Å². The summed E-state index contributed by atoms with van der Waals surface area (Å²) in [6, 6.07) is 17.3. The van der Waals surface area contributed by atoms with Gasteiger partial charge in [0.05, 0.1) is 16.9 Å². The van der Waals surface area contributed by atoms with E-state index in [0.29, 0.717) is 16.9 Å². The fourth-order valence-electron chi connectivity index (χ4n) is 3.16. The first-order valence-electron chi connectivity index (χ1n) is 10.3. The maximum absolute atomic E-state index is 12.7. The van der Waals surface area contributed by atoms with Crippen molar-refractivity contribution >= 4 is 35.0 Å². The van der Waals surface area contributed by atoms with Gasteiger partial charge in [-0.25, -0.2) is 0 Å². The number of nitrogen functional groups attached to an aromatic ring is 1. The van der Waals surface area contributed by atoms with Crippen LogP contribution in [0.2, 0.25) is 0 Å². The first-order chi connectivity index (χ1) is 16.2. The number of nitrogens with one attached hydrogen (secondary N) is 3. The smallest absolute Gasteiger partial charge is 0.397 e. The highest BCUT2D eigenvalue weighted by molar-refractivity contribution is 6.03. The number of anilines is 3. The summed E-state index contributed by atoms with van der Waals surface area (Å²) in [6.07, 6.45) is -1.45. The van der Waals surface area contributed by atoms with Gasteiger partial charge in [0.15, 0.2) is 0 Å². The SMILES string of the molecule is CNC(C(=O)Nc1ccc(C(F)(F)F)cc1)c1ccc(/C=C/C(=O)Nc2ccccc2N)cc1. The molecule has 9 heteroatoms. The summed E-state index contributed by atoms with van der Waals surface area (Å²) in [5.74, 6) is -0.767. The normalized spacial score (nSPS) is 12.4. The van der Waals surface area contributed by atoms with Gasteiger partial charge in [-0.15, -0.1) is 0 Å². The molecule has 0 aliphatic heterocycles. The quantitative estimate of drug-likeness (QED) is 0.295. The van der Waals surface area contributed by atoms with Gasteiger partial charge in [-0.2, -0.15) is 13.2 Å². The number of carbonyl (C=O) groups is 2. The molecule has 0 spiro atoms. The molecular weight excluding hydrogens is 445 g/mol. The summed E-state index contributed by atoms with van der Waals surface area (Å²) < 4.78 is 38.1. The van der Waals surface area contributed by atoms with Gasteiger partial charge in [-0.3, -0.25) is 9.59 Å². The maximum Gasteiger partial charge on any atom is 0.416 e. The first-order valence-corrected chi connectivity index (χ1v) is 10.3. The fourth-order valence-corrected chi connectivity index (χ4v) is 3.16. The molecule has 0 aliphatic carbocycles. The predicted octanol–water partition coefficient (Wildman–Crippen LogP) is 4.84. The molecule has 0 bridgehead atoms. The summed E-state index contributed by atoms with van der Waals surface area (Å²) in [7, 11) is 1.60. The van der Waals surface area contributed by atoms with Gasteiger partial charge in [-0.05, 0) is 60.6 Å². The molecule has 6 nitrogen and oxygen atoms in total. The zero-order chi connectivity index (χ0) is 24.7.